The number of likely N-dealkylation sites (tertiary alicyclic amines) is 1. The number of para-hydroxylation sites is 1. The van der Waals surface area contributed by atoms with Crippen molar-refractivity contribution in [1.29, 1.82) is 0 Å². The first-order valence-corrected chi connectivity index (χ1v) is 10.9. The molecule has 3 heterocycles. The van der Waals surface area contributed by atoms with Crippen LogP contribution in [0.3, 0.4) is 0 Å². The van der Waals surface area contributed by atoms with Gasteiger partial charge in [0.05, 0.1) is 18.7 Å². The number of aromatic nitrogens is 3. The number of fused-ring (bicyclic) bond motifs is 1. The highest BCUT2D eigenvalue weighted by Gasteiger charge is 2.28. The molecule has 34 heavy (non-hydrogen) atoms. The average Bonchev–Trinajstić information content (AvgIpc) is 3.50. The average molecular weight is 458 g/mol. The Balaban J connectivity index is 1.45. The fraction of sp³-hybridized carbons (Fsp3) is 0.192. The van der Waals surface area contributed by atoms with Gasteiger partial charge >= 0.3 is 0 Å². The van der Waals surface area contributed by atoms with Crippen LogP contribution in [0.4, 0.5) is 4.39 Å². The van der Waals surface area contributed by atoms with Gasteiger partial charge in [-0.3, -0.25) is 14.5 Å². The third kappa shape index (κ3) is 3.87. The number of hydrogen-bond acceptors (Lipinski definition) is 5. The highest BCUT2D eigenvalue weighted by molar-refractivity contribution is 5.93. The predicted molar refractivity (Wildman–Crippen MR) is 126 cm³/mol. The maximum atomic E-state index is 14.0. The van der Waals surface area contributed by atoms with Crippen LogP contribution < -0.4 is 9.47 Å². The van der Waals surface area contributed by atoms with E-state index in [1.807, 2.05) is 22.9 Å². The zero-order chi connectivity index (χ0) is 23.7. The molecular weight excluding hydrogens is 435 g/mol. The Kier molecular flexibility index (Phi) is 5.71. The molecule has 1 fully saturated rings. The minimum Gasteiger partial charge on any atom is -0.490 e. The van der Waals surface area contributed by atoms with Crippen LogP contribution in [0.25, 0.3) is 22.2 Å². The van der Waals surface area contributed by atoms with Crippen molar-refractivity contribution in [2.75, 3.05) is 20.2 Å². The Morgan fingerprint density at radius 1 is 1.21 bits per heavy atom. The second-order valence-corrected chi connectivity index (χ2v) is 8.01. The Labute approximate surface area is 196 Å². The number of halogens is 1. The van der Waals surface area contributed by atoms with Crippen LogP contribution in [0, 0.1) is 5.82 Å². The minimum atomic E-state index is -0.485. The standard InChI is InChI=1S/C26H23FN4O3/c1-3-24(32)30-14-12-18(16-30)31-22-11-13-28-15-20(22)25(29-31)17-7-9-19(10-8-17)34-23-6-4-5-21(27)26(23)33-2/h3-11,13,15,18H,1,12,14,16H2,2H3/t18-/m1/s1. The van der Waals surface area contributed by atoms with Crippen molar-refractivity contribution in [1.82, 2.24) is 19.7 Å². The number of nitrogens with zero attached hydrogens (tertiary/aromatic N) is 4. The van der Waals surface area contributed by atoms with E-state index in [0.29, 0.717) is 24.6 Å². The van der Waals surface area contributed by atoms with E-state index in [1.165, 1.54) is 19.3 Å². The number of amides is 1. The predicted octanol–water partition coefficient (Wildman–Crippen LogP) is 5.00. The van der Waals surface area contributed by atoms with E-state index < -0.39 is 5.82 Å². The second kappa shape index (κ2) is 8.97. The molecule has 0 bridgehead atoms. The van der Waals surface area contributed by atoms with Crippen molar-refractivity contribution in [3.63, 3.8) is 0 Å². The van der Waals surface area contributed by atoms with Gasteiger partial charge in [0.25, 0.3) is 0 Å². The summed E-state index contributed by atoms with van der Waals surface area (Å²) in [6.07, 6.45) is 5.72. The Hall–Kier alpha value is -4.20. The van der Waals surface area contributed by atoms with Gasteiger partial charge in [0, 0.05) is 36.4 Å². The smallest absolute Gasteiger partial charge is 0.246 e. The van der Waals surface area contributed by atoms with Gasteiger partial charge < -0.3 is 14.4 Å². The summed E-state index contributed by atoms with van der Waals surface area (Å²) in [5, 5.41) is 5.84. The molecule has 8 heteroatoms. The van der Waals surface area contributed by atoms with Crippen LogP contribution in [0.1, 0.15) is 12.5 Å². The molecule has 5 rings (SSSR count). The third-order valence-corrected chi connectivity index (χ3v) is 5.99. The Morgan fingerprint density at radius 3 is 2.79 bits per heavy atom. The van der Waals surface area contributed by atoms with Crippen LogP contribution >= 0.6 is 0 Å². The topological polar surface area (TPSA) is 69.5 Å². The van der Waals surface area contributed by atoms with E-state index in [4.69, 9.17) is 14.6 Å². The van der Waals surface area contributed by atoms with Crippen LogP contribution in [-0.2, 0) is 4.79 Å². The van der Waals surface area contributed by atoms with Crippen molar-refractivity contribution >= 4 is 16.8 Å². The fourth-order valence-electron chi connectivity index (χ4n) is 4.32. The first-order chi connectivity index (χ1) is 16.6. The number of benzene rings is 2. The maximum Gasteiger partial charge on any atom is 0.246 e. The van der Waals surface area contributed by atoms with E-state index in [0.717, 1.165) is 28.6 Å². The maximum absolute atomic E-state index is 14.0. The lowest BCUT2D eigenvalue weighted by Gasteiger charge is -2.15. The molecule has 0 unspecified atom stereocenters. The number of rotatable bonds is 6. The Morgan fingerprint density at radius 2 is 2.03 bits per heavy atom. The van der Waals surface area contributed by atoms with Crippen molar-refractivity contribution in [2.24, 2.45) is 0 Å². The SMILES string of the molecule is C=CC(=O)N1CC[C@@H](n2nc(-c3ccc(Oc4cccc(F)c4OC)cc3)c3cnccc32)C1. The van der Waals surface area contributed by atoms with Crippen molar-refractivity contribution in [2.45, 2.75) is 12.5 Å². The minimum absolute atomic E-state index is 0.0583. The number of methoxy groups -OCH3 is 1. The van der Waals surface area contributed by atoms with Gasteiger partial charge in [0.1, 0.15) is 11.4 Å². The Bertz CT molecular complexity index is 1370. The van der Waals surface area contributed by atoms with Crippen molar-refractivity contribution < 1.29 is 18.7 Å². The summed E-state index contributed by atoms with van der Waals surface area (Å²) in [5.41, 5.74) is 2.66. The number of carbonyl (C=O) groups is 1. The van der Waals surface area contributed by atoms with Crippen LogP contribution in [0.2, 0.25) is 0 Å². The van der Waals surface area contributed by atoms with E-state index >= 15 is 0 Å². The van der Waals surface area contributed by atoms with Gasteiger partial charge in [-0.2, -0.15) is 5.10 Å². The summed E-state index contributed by atoms with van der Waals surface area (Å²) in [6.45, 7) is 4.85. The number of hydrogen-bond donors (Lipinski definition) is 0. The molecular formula is C26H23FN4O3. The lowest BCUT2D eigenvalue weighted by Crippen LogP contribution is -2.27. The zero-order valence-electron chi connectivity index (χ0n) is 18.6. The molecule has 0 N–H and O–H groups in total. The molecule has 2 aromatic heterocycles. The van der Waals surface area contributed by atoms with Crippen molar-refractivity contribution in [3.05, 3.63) is 79.4 Å². The normalized spacial score (nSPS) is 15.5. The van der Waals surface area contributed by atoms with Crippen molar-refractivity contribution in [3.8, 4) is 28.5 Å². The van der Waals surface area contributed by atoms with Gasteiger partial charge in [-0.05, 0) is 55.0 Å². The third-order valence-electron chi connectivity index (χ3n) is 5.99. The highest BCUT2D eigenvalue weighted by Crippen LogP contribution is 2.36. The van der Waals surface area contributed by atoms with E-state index in [9.17, 15) is 9.18 Å². The van der Waals surface area contributed by atoms with Crippen LogP contribution in [0.5, 0.6) is 17.2 Å². The summed E-state index contributed by atoms with van der Waals surface area (Å²) in [6, 6.07) is 14.0. The molecule has 0 spiro atoms. The van der Waals surface area contributed by atoms with Gasteiger partial charge in [0.2, 0.25) is 5.91 Å². The van der Waals surface area contributed by atoms with E-state index in [-0.39, 0.29) is 17.7 Å². The van der Waals surface area contributed by atoms with Gasteiger partial charge in [-0.15, -0.1) is 0 Å². The molecule has 1 aliphatic rings. The van der Waals surface area contributed by atoms with Gasteiger partial charge in [0.15, 0.2) is 17.3 Å². The number of ether oxygens (including phenoxy) is 2. The molecule has 2 aromatic carbocycles. The summed E-state index contributed by atoms with van der Waals surface area (Å²) < 4.78 is 26.9. The molecule has 4 aromatic rings. The molecule has 1 atom stereocenters. The zero-order valence-corrected chi connectivity index (χ0v) is 18.6. The largest absolute Gasteiger partial charge is 0.490 e. The molecule has 7 nitrogen and oxygen atoms in total. The van der Waals surface area contributed by atoms with Gasteiger partial charge in [-0.25, -0.2) is 4.39 Å². The first kappa shape index (κ1) is 21.6. The monoisotopic (exact) mass is 458 g/mol. The molecule has 0 saturated carbocycles. The lowest BCUT2D eigenvalue weighted by atomic mass is 10.1. The highest BCUT2D eigenvalue weighted by atomic mass is 19.1. The van der Waals surface area contributed by atoms with Gasteiger partial charge in [-0.1, -0.05) is 12.6 Å². The molecule has 1 aliphatic heterocycles. The lowest BCUT2D eigenvalue weighted by molar-refractivity contribution is -0.125. The molecule has 1 amide bonds. The molecule has 0 aliphatic carbocycles. The number of carbonyl (C=O) groups excluding carboxylic acids is 1. The summed E-state index contributed by atoms with van der Waals surface area (Å²) >= 11 is 0. The summed E-state index contributed by atoms with van der Waals surface area (Å²) in [7, 11) is 1.40. The molecule has 0 radical (unpaired) electrons. The second-order valence-electron chi connectivity index (χ2n) is 8.01. The first-order valence-electron chi connectivity index (χ1n) is 10.9. The number of pyridine rings is 1. The van der Waals surface area contributed by atoms with E-state index in [2.05, 4.69) is 11.6 Å². The van der Waals surface area contributed by atoms with E-state index in [1.54, 1.807) is 41.6 Å². The summed E-state index contributed by atoms with van der Waals surface area (Å²) in [5.74, 6) is 0.355. The molecule has 1 saturated heterocycles. The fourth-order valence-corrected chi connectivity index (χ4v) is 4.32. The van der Waals surface area contributed by atoms with Crippen LogP contribution in [-0.4, -0.2) is 45.8 Å². The quantitative estimate of drug-likeness (QED) is 0.381. The van der Waals surface area contributed by atoms with Crippen LogP contribution in [0.15, 0.2) is 73.6 Å². The molecule has 172 valence electrons. The summed E-state index contributed by atoms with van der Waals surface area (Å²) in [4.78, 5) is 18.1.